The van der Waals surface area contributed by atoms with Gasteiger partial charge in [-0.3, -0.25) is 9.78 Å². The summed E-state index contributed by atoms with van der Waals surface area (Å²) in [6.45, 7) is 4.03. The van der Waals surface area contributed by atoms with Crippen LogP contribution in [0, 0.1) is 5.92 Å². The van der Waals surface area contributed by atoms with Crippen LogP contribution in [0.1, 0.15) is 25.3 Å². The summed E-state index contributed by atoms with van der Waals surface area (Å²) >= 11 is 0. The second-order valence-corrected chi connectivity index (χ2v) is 4.67. The Hall–Kier alpha value is -1.90. The molecule has 1 aromatic carbocycles. The van der Waals surface area contributed by atoms with Gasteiger partial charge in [-0.25, -0.2) is 0 Å². The molecule has 0 spiro atoms. The van der Waals surface area contributed by atoms with Gasteiger partial charge < -0.3 is 4.74 Å². The Balaban J connectivity index is 2.61. The van der Waals surface area contributed by atoms with Gasteiger partial charge in [-0.05, 0) is 17.5 Å². The molecule has 0 fully saturated rings. The molecular formula is C15H17NO2. The number of nitrogens with zero attached hydrogens (tertiary/aromatic N) is 1. The van der Waals surface area contributed by atoms with Crippen LogP contribution < -0.4 is 0 Å². The van der Waals surface area contributed by atoms with Crippen molar-refractivity contribution in [2.24, 2.45) is 5.92 Å². The number of esters is 1. The van der Waals surface area contributed by atoms with Gasteiger partial charge in [0.15, 0.2) is 0 Å². The maximum absolute atomic E-state index is 11.9. The zero-order chi connectivity index (χ0) is 13.1. The van der Waals surface area contributed by atoms with Gasteiger partial charge in [-0.15, -0.1) is 0 Å². The Morgan fingerprint density at radius 2 is 1.94 bits per heavy atom. The number of carbonyl (C=O) groups excluding carboxylic acids is 1. The number of methoxy groups -OCH3 is 1. The topological polar surface area (TPSA) is 39.2 Å². The molecule has 1 aromatic heterocycles. The van der Waals surface area contributed by atoms with Crippen LogP contribution in [0.15, 0.2) is 36.5 Å². The molecule has 2 aromatic rings. The lowest BCUT2D eigenvalue weighted by Gasteiger charge is -2.19. The number of rotatable bonds is 3. The molecule has 1 atom stereocenters. The summed E-state index contributed by atoms with van der Waals surface area (Å²) in [5.74, 6) is -0.304. The smallest absolute Gasteiger partial charge is 0.313 e. The minimum Gasteiger partial charge on any atom is -0.469 e. The minimum absolute atomic E-state index is 0.171. The van der Waals surface area contributed by atoms with Gasteiger partial charge in [0, 0.05) is 11.6 Å². The lowest BCUT2D eigenvalue weighted by Crippen LogP contribution is -2.20. The van der Waals surface area contributed by atoms with Crippen molar-refractivity contribution >= 4 is 16.9 Å². The van der Waals surface area contributed by atoms with E-state index in [1.165, 1.54) is 7.11 Å². The SMILES string of the molecule is COC(=O)C(c1cccc2cccnc12)C(C)C. The van der Waals surface area contributed by atoms with Crippen molar-refractivity contribution in [3.05, 3.63) is 42.1 Å². The number of fused-ring (bicyclic) bond motifs is 1. The van der Waals surface area contributed by atoms with Crippen LogP contribution in [-0.4, -0.2) is 18.1 Å². The Kier molecular flexibility index (Phi) is 3.60. The second-order valence-electron chi connectivity index (χ2n) is 4.67. The third-order valence-electron chi connectivity index (χ3n) is 3.12. The lowest BCUT2D eigenvalue weighted by molar-refractivity contribution is -0.143. The Labute approximate surface area is 107 Å². The molecule has 0 radical (unpaired) electrons. The number of para-hydroxylation sites is 1. The predicted molar refractivity (Wildman–Crippen MR) is 71.3 cm³/mol. The molecule has 94 valence electrons. The van der Waals surface area contributed by atoms with Crippen LogP contribution >= 0.6 is 0 Å². The van der Waals surface area contributed by atoms with E-state index in [2.05, 4.69) is 4.98 Å². The van der Waals surface area contributed by atoms with Crippen molar-refractivity contribution in [1.29, 1.82) is 0 Å². The van der Waals surface area contributed by atoms with Crippen LogP contribution in [0.2, 0.25) is 0 Å². The van der Waals surface area contributed by atoms with E-state index >= 15 is 0 Å². The number of carbonyl (C=O) groups is 1. The molecule has 0 bridgehead atoms. The summed E-state index contributed by atoms with van der Waals surface area (Å²) in [4.78, 5) is 16.3. The first-order chi connectivity index (χ1) is 8.65. The van der Waals surface area contributed by atoms with E-state index in [4.69, 9.17) is 4.74 Å². The largest absolute Gasteiger partial charge is 0.469 e. The molecule has 3 heteroatoms. The first-order valence-corrected chi connectivity index (χ1v) is 6.06. The summed E-state index contributed by atoms with van der Waals surface area (Å²) < 4.78 is 4.91. The molecule has 0 saturated carbocycles. The van der Waals surface area contributed by atoms with Gasteiger partial charge in [0.1, 0.15) is 0 Å². The zero-order valence-corrected chi connectivity index (χ0v) is 10.9. The summed E-state index contributed by atoms with van der Waals surface area (Å²) in [6, 6.07) is 9.81. The molecule has 3 nitrogen and oxygen atoms in total. The molecule has 2 rings (SSSR count). The van der Waals surface area contributed by atoms with Gasteiger partial charge in [-0.2, -0.15) is 0 Å². The quantitative estimate of drug-likeness (QED) is 0.777. The van der Waals surface area contributed by atoms with E-state index in [0.717, 1.165) is 16.5 Å². The molecular weight excluding hydrogens is 226 g/mol. The Morgan fingerprint density at radius 1 is 1.22 bits per heavy atom. The van der Waals surface area contributed by atoms with Crippen LogP contribution in [-0.2, 0) is 9.53 Å². The monoisotopic (exact) mass is 243 g/mol. The van der Waals surface area contributed by atoms with Crippen molar-refractivity contribution in [3.8, 4) is 0 Å². The van der Waals surface area contributed by atoms with Crippen molar-refractivity contribution in [1.82, 2.24) is 4.98 Å². The van der Waals surface area contributed by atoms with Crippen LogP contribution in [0.25, 0.3) is 10.9 Å². The third-order valence-corrected chi connectivity index (χ3v) is 3.12. The average molecular weight is 243 g/mol. The Morgan fingerprint density at radius 3 is 2.61 bits per heavy atom. The highest BCUT2D eigenvalue weighted by Crippen LogP contribution is 2.30. The highest BCUT2D eigenvalue weighted by atomic mass is 16.5. The molecule has 18 heavy (non-hydrogen) atoms. The second kappa shape index (κ2) is 5.17. The lowest BCUT2D eigenvalue weighted by atomic mass is 9.87. The van der Waals surface area contributed by atoms with E-state index < -0.39 is 0 Å². The summed E-state index contributed by atoms with van der Waals surface area (Å²) in [7, 11) is 1.43. The molecule has 0 N–H and O–H groups in total. The van der Waals surface area contributed by atoms with Gasteiger partial charge in [0.05, 0.1) is 18.5 Å². The fraction of sp³-hybridized carbons (Fsp3) is 0.333. The molecule has 0 amide bonds. The number of aromatic nitrogens is 1. The normalized spacial score (nSPS) is 12.7. The number of hydrogen-bond donors (Lipinski definition) is 0. The summed E-state index contributed by atoms with van der Waals surface area (Å²) in [5, 5.41) is 1.05. The molecule has 1 unspecified atom stereocenters. The summed E-state index contributed by atoms with van der Waals surface area (Å²) in [5.41, 5.74) is 1.82. The first-order valence-electron chi connectivity index (χ1n) is 6.06. The van der Waals surface area contributed by atoms with E-state index in [0.29, 0.717) is 0 Å². The minimum atomic E-state index is -0.270. The summed E-state index contributed by atoms with van der Waals surface area (Å²) in [6.07, 6.45) is 1.75. The van der Waals surface area contributed by atoms with E-state index in [9.17, 15) is 4.79 Å². The highest BCUT2D eigenvalue weighted by molar-refractivity contribution is 5.88. The molecule has 1 heterocycles. The van der Waals surface area contributed by atoms with Crippen molar-refractivity contribution < 1.29 is 9.53 Å². The Bertz CT molecular complexity index is 558. The van der Waals surface area contributed by atoms with E-state index in [1.54, 1.807) is 6.20 Å². The molecule has 0 saturated heterocycles. The zero-order valence-electron chi connectivity index (χ0n) is 10.9. The van der Waals surface area contributed by atoms with Crippen molar-refractivity contribution in [2.45, 2.75) is 19.8 Å². The van der Waals surface area contributed by atoms with Gasteiger partial charge in [0.2, 0.25) is 0 Å². The maximum atomic E-state index is 11.9. The van der Waals surface area contributed by atoms with E-state index in [1.807, 2.05) is 44.2 Å². The molecule has 0 aliphatic rings. The van der Waals surface area contributed by atoms with Gasteiger partial charge >= 0.3 is 5.97 Å². The van der Waals surface area contributed by atoms with Crippen molar-refractivity contribution in [2.75, 3.05) is 7.11 Å². The predicted octanol–water partition coefficient (Wildman–Crippen LogP) is 3.15. The maximum Gasteiger partial charge on any atom is 0.313 e. The van der Waals surface area contributed by atoms with Crippen LogP contribution in [0.3, 0.4) is 0 Å². The standard InChI is InChI=1S/C15H17NO2/c1-10(2)13(15(17)18-3)12-8-4-6-11-7-5-9-16-14(11)12/h4-10,13H,1-3H3. The average Bonchev–Trinajstić information content (AvgIpc) is 2.38. The number of ether oxygens (including phenoxy) is 1. The molecule has 0 aliphatic carbocycles. The fourth-order valence-corrected chi connectivity index (χ4v) is 2.26. The van der Waals surface area contributed by atoms with Crippen LogP contribution in [0.4, 0.5) is 0 Å². The number of pyridine rings is 1. The van der Waals surface area contributed by atoms with Gasteiger partial charge in [0.25, 0.3) is 0 Å². The fourth-order valence-electron chi connectivity index (χ4n) is 2.26. The third kappa shape index (κ3) is 2.21. The van der Waals surface area contributed by atoms with Gasteiger partial charge in [-0.1, -0.05) is 38.1 Å². The highest BCUT2D eigenvalue weighted by Gasteiger charge is 2.26. The number of benzene rings is 1. The number of hydrogen-bond acceptors (Lipinski definition) is 3. The van der Waals surface area contributed by atoms with Crippen LogP contribution in [0.5, 0.6) is 0 Å². The van der Waals surface area contributed by atoms with E-state index in [-0.39, 0.29) is 17.8 Å². The molecule has 0 aliphatic heterocycles. The van der Waals surface area contributed by atoms with Crippen molar-refractivity contribution in [3.63, 3.8) is 0 Å². The first kappa shape index (κ1) is 12.6.